The lowest BCUT2D eigenvalue weighted by molar-refractivity contribution is -0.137. The Kier molecular flexibility index (Phi) is 6.77. The Balaban J connectivity index is 1.51. The number of rotatable bonds is 5. The Labute approximate surface area is 217 Å². The fraction of sp³-hybridized carbons (Fsp3) is 0.167. The smallest absolute Gasteiger partial charge is 0.365 e. The maximum absolute atomic E-state index is 13.2. The summed E-state index contributed by atoms with van der Waals surface area (Å²) in [6.07, 6.45) is -2.43. The minimum Gasteiger partial charge on any atom is -0.365 e. The molecule has 0 fully saturated rings. The van der Waals surface area contributed by atoms with Gasteiger partial charge in [0.1, 0.15) is 17.2 Å². The van der Waals surface area contributed by atoms with E-state index in [-0.39, 0.29) is 6.54 Å². The van der Waals surface area contributed by atoms with Crippen LogP contribution in [0.3, 0.4) is 0 Å². The number of halogens is 3. The Morgan fingerprint density at radius 2 is 1.76 bits per heavy atom. The van der Waals surface area contributed by atoms with E-state index >= 15 is 0 Å². The van der Waals surface area contributed by atoms with Gasteiger partial charge in [-0.2, -0.15) is 13.2 Å². The van der Waals surface area contributed by atoms with Gasteiger partial charge < -0.3 is 5.32 Å². The number of alkyl halides is 3. The lowest BCUT2D eigenvalue weighted by Gasteiger charge is -2.12. The van der Waals surface area contributed by atoms with Crippen molar-refractivity contribution >= 4 is 22.8 Å². The van der Waals surface area contributed by atoms with E-state index in [0.29, 0.717) is 11.5 Å². The first kappa shape index (κ1) is 24.7. The van der Waals surface area contributed by atoms with Gasteiger partial charge in [-0.15, -0.1) is 11.3 Å². The van der Waals surface area contributed by atoms with E-state index in [9.17, 15) is 13.2 Å². The molecular weight excluding hydrogens is 491 g/mol. The summed E-state index contributed by atoms with van der Waals surface area (Å²) in [5.74, 6) is 7.46. The van der Waals surface area contributed by atoms with E-state index in [0.717, 1.165) is 44.1 Å². The van der Waals surface area contributed by atoms with Crippen LogP contribution < -0.4 is 5.32 Å². The second-order valence-electron chi connectivity index (χ2n) is 8.98. The van der Waals surface area contributed by atoms with Gasteiger partial charge in [0.2, 0.25) is 0 Å². The van der Waals surface area contributed by atoms with Crippen LogP contribution in [0.4, 0.5) is 19.0 Å². The third-order valence-electron chi connectivity index (χ3n) is 5.97. The lowest BCUT2D eigenvalue weighted by atomic mass is 10.1. The summed E-state index contributed by atoms with van der Waals surface area (Å²) < 4.78 is 41.6. The molecule has 5 rings (SSSR count). The zero-order valence-electron chi connectivity index (χ0n) is 20.3. The van der Waals surface area contributed by atoms with Crippen molar-refractivity contribution in [3.63, 3.8) is 0 Å². The molecule has 0 bridgehead atoms. The zero-order chi connectivity index (χ0) is 26.0. The highest BCUT2D eigenvalue weighted by atomic mass is 32.1. The first-order valence-corrected chi connectivity index (χ1v) is 12.7. The normalized spacial score (nSPS) is 11.5. The van der Waals surface area contributed by atoms with Crippen molar-refractivity contribution in [1.29, 1.82) is 0 Å². The summed E-state index contributed by atoms with van der Waals surface area (Å²) in [5.41, 5.74) is 3.49. The van der Waals surface area contributed by atoms with E-state index in [1.54, 1.807) is 6.07 Å². The van der Waals surface area contributed by atoms with Crippen LogP contribution >= 0.6 is 11.3 Å². The molecule has 37 heavy (non-hydrogen) atoms. The van der Waals surface area contributed by atoms with Gasteiger partial charge in [-0.1, -0.05) is 56.0 Å². The van der Waals surface area contributed by atoms with Crippen molar-refractivity contribution in [2.75, 3.05) is 5.32 Å². The largest absolute Gasteiger partial charge is 0.416 e. The van der Waals surface area contributed by atoms with Gasteiger partial charge in [-0.25, -0.2) is 4.98 Å². The molecule has 0 saturated heterocycles. The molecular formula is C30H24F3N3S. The second kappa shape index (κ2) is 10.2. The molecule has 7 heteroatoms. The Hall–Kier alpha value is -4.02. The number of imidazole rings is 1. The summed E-state index contributed by atoms with van der Waals surface area (Å²) in [7, 11) is 0. The Morgan fingerprint density at radius 1 is 0.946 bits per heavy atom. The molecule has 0 spiro atoms. The molecule has 0 unspecified atom stereocenters. The summed E-state index contributed by atoms with van der Waals surface area (Å²) in [6.45, 7) is 4.47. The highest BCUT2D eigenvalue weighted by Gasteiger charge is 2.30. The lowest BCUT2D eigenvalue weighted by Crippen LogP contribution is -2.08. The van der Waals surface area contributed by atoms with Gasteiger partial charge in [0.05, 0.1) is 15.3 Å². The van der Waals surface area contributed by atoms with Crippen LogP contribution in [0.25, 0.3) is 16.2 Å². The number of anilines is 1. The van der Waals surface area contributed by atoms with E-state index in [1.165, 1.54) is 23.5 Å². The third-order valence-corrected chi connectivity index (χ3v) is 6.98. The van der Waals surface area contributed by atoms with Gasteiger partial charge in [0.25, 0.3) is 0 Å². The maximum Gasteiger partial charge on any atom is 0.416 e. The van der Waals surface area contributed by atoms with Gasteiger partial charge in [0, 0.05) is 18.3 Å². The van der Waals surface area contributed by atoms with E-state index < -0.39 is 11.7 Å². The van der Waals surface area contributed by atoms with Crippen molar-refractivity contribution in [2.24, 2.45) is 0 Å². The summed E-state index contributed by atoms with van der Waals surface area (Å²) in [4.78, 5) is 6.74. The third kappa shape index (κ3) is 5.55. The van der Waals surface area contributed by atoms with Crippen LogP contribution in [-0.2, 0) is 12.7 Å². The molecule has 3 heterocycles. The van der Waals surface area contributed by atoms with Crippen molar-refractivity contribution in [3.05, 3.63) is 112 Å². The van der Waals surface area contributed by atoms with Crippen LogP contribution in [0, 0.1) is 11.8 Å². The standard InChI is InChI=1S/C30H24F3N3S/c1-20(2)23-15-16-36-27(18-23)35-28(26-14-13-25(37-26)12-11-21-7-4-3-5-8-21)29(36)34-19-22-9-6-10-24(17-22)30(31,32)33/h3-10,13-18,20,34H,19H2,1-2H3. The van der Waals surface area contributed by atoms with Crippen LogP contribution in [0.1, 0.15) is 46.9 Å². The van der Waals surface area contributed by atoms with E-state index in [4.69, 9.17) is 4.98 Å². The van der Waals surface area contributed by atoms with E-state index in [1.807, 2.05) is 65.2 Å². The van der Waals surface area contributed by atoms with Gasteiger partial charge in [-0.3, -0.25) is 4.40 Å². The maximum atomic E-state index is 13.2. The molecule has 0 aliphatic carbocycles. The van der Waals surface area contributed by atoms with Crippen LogP contribution in [0.2, 0.25) is 0 Å². The molecule has 5 aromatic rings. The monoisotopic (exact) mass is 515 g/mol. The topological polar surface area (TPSA) is 29.3 Å². The minimum atomic E-state index is -4.38. The van der Waals surface area contributed by atoms with E-state index in [2.05, 4.69) is 31.0 Å². The molecule has 0 atom stereocenters. The van der Waals surface area contributed by atoms with Crippen LogP contribution in [-0.4, -0.2) is 9.38 Å². The number of aromatic nitrogens is 2. The van der Waals surface area contributed by atoms with Crippen LogP contribution in [0.15, 0.2) is 85.1 Å². The number of nitrogens with one attached hydrogen (secondary N) is 1. The molecule has 0 radical (unpaired) electrons. The molecule has 186 valence electrons. The highest BCUT2D eigenvalue weighted by Crippen LogP contribution is 2.35. The SMILES string of the molecule is CC(C)c1ccn2c(NCc3cccc(C(F)(F)F)c3)c(-c3ccc(C#Cc4ccccc4)s3)nc2c1. The number of benzene rings is 2. The highest BCUT2D eigenvalue weighted by molar-refractivity contribution is 7.16. The van der Waals surface area contributed by atoms with Gasteiger partial charge in [0.15, 0.2) is 0 Å². The number of hydrogen-bond acceptors (Lipinski definition) is 3. The molecule has 0 aliphatic heterocycles. The van der Waals surface area contributed by atoms with Gasteiger partial charge in [-0.05, 0) is 65.6 Å². The average molecular weight is 516 g/mol. The number of pyridine rings is 1. The number of fused-ring (bicyclic) bond motifs is 1. The fourth-order valence-corrected chi connectivity index (χ4v) is 4.84. The van der Waals surface area contributed by atoms with Crippen molar-refractivity contribution in [3.8, 4) is 22.4 Å². The summed E-state index contributed by atoms with van der Waals surface area (Å²) in [5, 5.41) is 3.35. The molecule has 0 amide bonds. The second-order valence-corrected chi connectivity index (χ2v) is 10.1. The summed E-state index contributed by atoms with van der Waals surface area (Å²) in [6, 6.07) is 23.2. The van der Waals surface area contributed by atoms with Gasteiger partial charge >= 0.3 is 6.18 Å². The quantitative estimate of drug-likeness (QED) is 0.239. The molecule has 0 saturated carbocycles. The molecule has 3 nitrogen and oxygen atoms in total. The Bertz CT molecular complexity index is 1600. The Morgan fingerprint density at radius 3 is 2.51 bits per heavy atom. The fourth-order valence-electron chi connectivity index (χ4n) is 3.99. The number of hydrogen-bond donors (Lipinski definition) is 1. The average Bonchev–Trinajstić information content (AvgIpc) is 3.50. The molecule has 0 aliphatic rings. The predicted octanol–water partition coefficient (Wildman–Crippen LogP) is 8.22. The molecule has 1 N–H and O–H groups in total. The van der Waals surface area contributed by atoms with Crippen molar-refractivity contribution in [1.82, 2.24) is 9.38 Å². The molecule has 2 aromatic carbocycles. The van der Waals surface area contributed by atoms with Crippen molar-refractivity contribution < 1.29 is 13.2 Å². The van der Waals surface area contributed by atoms with Crippen LogP contribution in [0.5, 0.6) is 0 Å². The molecule has 3 aromatic heterocycles. The summed E-state index contributed by atoms with van der Waals surface area (Å²) >= 11 is 1.53. The van der Waals surface area contributed by atoms with Crippen molar-refractivity contribution in [2.45, 2.75) is 32.5 Å². The number of thiophene rings is 1. The predicted molar refractivity (Wildman–Crippen MR) is 144 cm³/mol. The number of nitrogens with zero attached hydrogens (tertiary/aromatic N) is 2. The first-order valence-electron chi connectivity index (χ1n) is 11.9. The first-order chi connectivity index (χ1) is 17.8. The zero-order valence-corrected chi connectivity index (χ0v) is 21.1. The minimum absolute atomic E-state index is 0.225.